The molecular weight excluding hydrogens is 534 g/mol. The maximum absolute atomic E-state index is 12.7. The Morgan fingerprint density at radius 3 is 2.31 bits per heavy atom. The molecule has 0 bridgehead atoms. The number of aromatic nitrogens is 2. The van der Waals surface area contributed by atoms with Crippen LogP contribution in [0, 0.1) is 0 Å². The lowest BCUT2D eigenvalue weighted by atomic mass is 9.91. The minimum absolute atomic E-state index is 0. The summed E-state index contributed by atoms with van der Waals surface area (Å²) in [5.74, 6) is 1.24. The zero-order chi connectivity index (χ0) is 21.7. The second-order valence-electron chi connectivity index (χ2n) is 7.44. The second kappa shape index (κ2) is 12.7. The molecule has 1 aromatic carbocycles. The number of halogens is 6. The Kier molecular flexibility index (Phi) is 11.3. The largest absolute Gasteiger partial charge is 0.573 e. The van der Waals surface area contributed by atoms with Crippen molar-refractivity contribution in [1.29, 1.82) is 0 Å². The number of nitrogens with zero attached hydrogens (tertiary/aromatic N) is 3. The molecule has 32 heavy (non-hydrogen) atoms. The number of para-hydroxylation sites is 1. The van der Waals surface area contributed by atoms with Gasteiger partial charge in [0, 0.05) is 37.9 Å². The molecule has 1 heterocycles. The van der Waals surface area contributed by atoms with Crippen LogP contribution < -0.4 is 20.3 Å². The van der Waals surface area contributed by atoms with Gasteiger partial charge in [-0.15, -0.1) is 38.0 Å². The second-order valence-corrected chi connectivity index (χ2v) is 8.36. The van der Waals surface area contributed by atoms with Gasteiger partial charge >= 0.3 is 6.36 Å². The number of hydrogen-bond donors (Lipinski definition) is 2. The highest BCUT2D eigenvalue weighted by molar-refractivity contribution is 9.09. The molecule has 0 aliphatic heterocycles. The van der Waals surface area contributed by atoms with Crippen molar-refractivity contribution in [3.8, 4) is 5.75 Å². The van der Waals surface area contributed by atoms with Gasteiger partial charge in [0.1, 0.15) is 11.6 Å². The predicted octanol–water partition coefficient (Wildman–Crippen LogP) is 5.69. The number of rotatable bonds is 7. The Hall–Kier alpha value is -1.49. The van der Waals surface area contributed by atoms with Crippen LogP contribution in [-0.4, -0.2) is 42.5 Å². The summed E-state index contributed by atoms with van der Waals surface area (Å²) in [7, 11) is 3.79. The van der Waals surface area contributed by atoms with E-state index in [1.54, 1.807) is 18.3 Å². The van der Waals surface area contributed by atoms with Crippen molar-refractivity contribution >= 4 is 52.5 Å². The Bertz CT molecular complexity index is 839. The first-order chi connectivity index (χ1) is 14.2. The van der Waals surface area contributed by atoms with Gasteiger partial charge < -0.3 is 15.0 Å². The molecule has 6 nitrogen and oxygen atoms in total. The van der Waals surface area contributed by atoms with E-state index in [1.165, 1.54) is 12.1 Å². The van der Waals surface area contributed by atoms with Gasteiger partial charge in [-0.3, -0.25) is 5.32 Å². The molecule has 1 fully saturated rings. The van der Waals surface area contributed by atoms with Crippen molar-refractivity contribution in [2.24, 2.45) is 0 Å². The van der Waals surface area contributed by atoms with E-state index in [2.05, 4.69) is 41.3 Å². The number of nitrogens with one attached hydrogen (secondary N) is 2. The first-order valence-electron chi connectivity index (χ1n) is 9.73. The number of alkyl halides is 4. The number of ether oxygens (including phenoxy) is 1. The van der Waals surface area contributed by atoms with Gasteiger partial charge in [0.15, 0.2) is 0 Å². The van der Waals surface area contributed by atoms with E-state index in [4.69, 9.17) is 0 Å². The Balaban J connectivity index is 0.00000256. The summed E-state index contributed by atoms with van der Waals surface area (Å²) < 4.78 is 42.1. The summed E-state index contributed by atoms with van der Waals surface area (Å²) in [4.78, 5) is 10.1. The fourth-order valence-electron chi connectivity index (χ4n) is 3.46. The average molecular weight is 561 g/mol. The molecule has 1 aromatic heterocycles. The molecule has 1 saturated carbocycles. The van der Waals surface area contributed by atoms with Gasteiger partial charge in [0.05, 0.1) is 4.95 Å². The van der Waals surface area contributed by atoms with Crippen LogP contribution in [0.3, 0.4) is 0 Å². The molecule has 2 aromatic rings. The molecule has 0 amide bonds. The van der Waals surface area contributed by atoms with Gasteiger partial charge in [-0.05, 0) is 37.8 Å². The molecule has 0 saturated heterocycles. The lowest BCUT2D eigenvalue weighted by Gasteiger charge is -2.32. The summed E-state index contributed by atoms with van der Waals surface area (Å²) in [5, 5.41) is 6.83. The van der Waals surface area contributed by atoms with E-state index in [0.29, 0.717) is 17.6 Å². The predicted molar refractivity (Wildman–Crippen MR) is 128 cm³/mol. The van der Waals surface area contributed by atoms with Crippen LogP contribution in [0.1, 0.15) is 36.2 Å². The van der Waals surface area contributed by atoms with Crippen LogP contribution in [0.2, 0.25) is 0 Å². The molecule has 1 aliphatic carbocycles. The molecule has 180 valence electrons. The molecule has 1 atom stereocenters. The van der Waals surface area contributed by atoms with Crippen LogP contribution in [0.5, 0.6) is 5.75 Å². The first kappa shape index (κ1) is 28.5. The molecule has 3 rings (SSSR count). The number of anilines is 2. The highest BCUT2D eigenvalue weighted by Gasteiger charge is 2.33. The van der Waals surface area contributed by atoms with Crippen molar-refractivity contribution in [2.75, 3.05) is 24.3 Å². The van der Waals surface area contributed by atoms with E-state index < -0.39 is 11.3 Å². The van der Waals surface area contributed by atoms with Crippen LogP contribution in [0.25, 0.3) is 0 Å². The van der Waals surface area contributed by atoms with E-state index in [0.717, 1.165) is 31.5 Å². The van der Waals surface area contributed by atoms with E-state index >= 15 is 0 Å². The topological polar surface area (TPSA) is 62.3 Å². The Labute approximate surface area is 206 Å². The first-order valence-corrected chi connectivity index (χ1v) is 10.6. The van der Waals surface area contributed by atoms with Crippen LogP contribution >= 0.6 is 40.7 Å². The normalized spacial score (nSPS) is 19.2. The van der Waals surface area contributed by atoms with Gasteiger partial charge in [-0.25, -0.2) is 4.98 Å². The molecule has 1 unspecified atom stereocenters. The quantitative estimate of drug-likeness (QED) is 0.335. The molecule has 0 spiro atoms. The highest BCUT2D eigenvalue weighted by Crippen LogP contribution is 2.34. The molecule has 0 radical (unpaired) electrons. The number of benzene rings is 1. The molecule has 2 N–H and O–H groups in total. The number of hydrogen-bond acceptors (Lipinski definition) is 6. The van der Waals surface area contributed by atoms with Crippen LogP contribution in [0.4, 0.5) is 24.9 Å². The zero-order valence-electron chi connectivity index (χ0n) is 17.6. The van der Waals surface area contributed by atoms with Crippen molar-refractivity contribution in [3.63, 3.8) is 0 Å². The fourth-order valence-corrected chi connectivity index (χ4v) is 4.21. The molecule has 1 aliphatic rings. The highest BCUT2D eigenvalue weighted by atomic mass is 79.9. The Morgan fingerprint density at radius 2 is 1.69 bits per heavy atom. The van der Waals surface area contributed by atoms with E-state index in [-0.39, 0.29) is 36.6 Å². The average Bonchev–Trinajstić information content (AvgIpc) is 2.69. The monoisotopic (exact) mass is 559 g/mol. The van der Waals surface area contributed by atoms with Crippen molar-refractivity contribution in [3.05, 3.63) is 42.1 Å². The minimum atomic E-state index is -4.72. The van der Waals surface area contributed by atoms with E-state index in [9.17, 15) is 13.2 Å². The molecule has 12 heteroatoms. The zero-order valence-corrected chi connectivity index (χ0v) is 20.8. The SMILES string of the molecule is CN(C)c1nccc(N[C@H]2CC[C@@H](NC(Br)c3ccccc3OC(F)(F)F)CC2)n1.Cl.Cl. The van der Waals surface area contributed by atoms with E-state index in [1.807, 2.05) is 25.1 Å². The summed E-state index contributed by atoms with van der Waals surface area (Å²) in [6.45, 7) is 0. The summed E-state index contributed by atoms with van der Waals surface area (Å²) in [6.07, 6.45) is 0.661. The fraction of sp³-hybridized carbons (Fsp3) is 0.500. The van der Waals surface area contributed by atoms with Crippen molar-refractivity contribution in [2.45, 2.75) is 49.1 Å². The summed E-state index contributed by atoms with van der Waals surface area (Å²) in [5.41, 5.74) is 0.423. The smallest absolute Gasteiger partial charge is 0.405 e. The van der Waals surface area contributed by atoms with Gasteiger partial charge in [-0.1, -0.05) is 34.1 Å². The van der Waals surface area contributed by atoms with Crippen molar-refractivity contribution < 1.29 is 17.9 Å². The standard InChI is InChI=1S/C20H25BrF3N5O.2ClH/c1-29(2)19-25-12-11-17(28-19)26-13-7-9-14(10-8-13)27-18(21)15-5-3-4-6-16(15)30-20(22,23)24;;/h3-6,11-14,18,27H,7-10H2,1-2H3,(H,25,26,28);2*1H/t13-,14+,18?;;. The van der Waals surface area contributed by atoms with Gasteiger partial charge in [0.25, 0.3) is 0 Å². The molecular formula is C20H27BrCl2F3N5O. The van der Waals surface area contributed by atoms with Crippen molar-refractivity contribution in [1.82, 2.24) is 15.3 Å². The van der Waals surface area contributed by atoms with Gasteiger partial charge in [-0.2, -0.15) is 4.98 Å². The third-order valence-electron chi connectivity index (χ3n) is 4.92. The maximum Gasteiger partial charge on any atom is 0.573 e. The lowest BCUT2D eigenvalue weighted by Crippen LogP contribution is -2.37. The van der Waals surface area contributed by atoms with Crippen LogP contribution in [-0.2, 0) is 0 Å². The third kappa shape index (κ3) is 8.46. The Morgan fingerprint density at radius 1 is 1.06 bits per heavy atom. The van der Waals surface area contributed by atoms with Crippen LogP contribution in [0.15, 0.2) is 36.5 Å². The maximum atomic E-state index is 12.7. The minimum Gasteiger partial charge on any atom is -0.405 e. The lowest BCUT2D eigenvalue weighted by molar-refractivity contribution is -0.274. The summed E-state index contributed by atoms with van der Waals surface area (Å²) >= 11 is 3.47. The summed E-state index contributed by atoms with van der Waals surface area (Å²) in [6, 6.07) is 8.50. The third-order valence-corrected chi connectivity index (χ3v) is 5.68. The van der Waals surface area contributed by atoms with Gasteiger partial charge in [0.2, 0.25) is 5.95 Å².